The first kappa shape index (κ1) is 18.2. The Kier molecular flexibility index (Phi) is 6.45. The van der Waals surface area contributed by atoms with Gasteiger partial charge < -0.3 is 15.2 Å². The third-order valence-electron chi connectivity index (χ3n) is 4.02. The molecule has 1 aromatic carbocycles. The van der Waals surface area contributed by atoms with Crippen LogP contribution < -0.4 is 10.8 Å². The predicted octanol–water partition coefficient (Wildman–Crippen LogP) is 1.77. The molecule has 2 radical (unpaired) electrons. The van der Waals surface area contributed by atoms with Gasteiger partial charge in [0.1, 0.15) is 7.85 Å². The van der Waals surface area contributed by atoms with Crippen molar-refractivity contribution in [3.05, 3.63) is 29.8 Å². The van der Waals surface area contributed by atoms with Crippen LogP contribution in [-0.2, 0) is 11.3 Å². The first-order valence-corrected chi connectivity index (χ1v) is 7.49. The van der Waals surface area contributed by atoms with Gasteiger partial charge in [-0.1, -0.05) is 50.5 Å². The van der Waals surface area contributed by atoms with Crippen molar-refractivity contribution in [3.8, 4) is 0 Å². The Hall–Kier alpha value is -0.835. The number of aliphatic hydroxyl groups is 1. The van der Waals surface area contributed by atoms with Crippen molar-refractivity contribution in [3.63, 3.8) is 0 Å². The molecule has 2 N–H and O–H groups in total. The van der Waals surface area contributed by atoms with Crippen LogP contribution in [0.2, 0.25) is 0 Å². The van der Waals surface area contributed by atoms with Gasteiger partial charge in [0.05, 0.1) is 18.3 Å². The lowest BCUT2D eigenvalue weighted by Crippen LogP contribution is -2.48. The monoisotopic (exact) mass is 289 g/mol. The van der Waals surface area contributed by atoms with E-state index in [1.165, 1.54) is 0 Å². The summed E-state index contributed by atoms with van der Waals surface area (Å²) in [6.45, 7) is 12.3. The predicted molar refractivity (Wildman–Crippen MR) is 89.0 cm³/mol. The number of benzene rings is 1. The smallest absolute Gasteiger partial charge is 0.113 e. The Bertz CT molecular complexity index is 419. The highest BCUT2D eigenvalue weighted by molar-refractivity contribution is 6.32. The average molecular weight is 289 g/mol. The van der Waals surface area contributed by atoms with E-state index in [4.69, 9.17) is 12.6 Å². The maximum Gasteiger partial charge on any atom is 0.113 e. The summed E-state index contributed by atoms with van der Waals surface area (Å²) in [5.41, 5.74) is 1.37. The SMILES string of the molecule is CC(C)(C)C(C)(C)O.[B]c1cccc(COC2CNC2)c1. The third kappa shape index (κ3) is 6.64. The molecule has 0 aromatic heterocycles. The van der Waals surface area contributed by atoms with E-state index in [0.717, 1.165) is 24.1 Å². The fraction of sp³-hybridized carbons (Fsp3) is 0.647. The van der Waals surface area contributed by atoms with E-state index in [-0.39, 0.29) is 5.41 Å². The Morgan fingerprint density at radius 3 is 2.19 bits per heavy atom. The van der Waals surface area contributed by atoms with Gasteiger partial charge in [0.2, 0.25) is 0 Å². The van der Waals surface area contributed by atoms with Crippen LogP contribution in [-0.4, -0.2) is 37.7 Å². The zero-order valence-electron chi connectivity index (χ0n) is 13.9. The quantitative estimate of drug-likeness (QED) is 0.833. The van der Waals surface area contributed by atoms with Gasteiger partial charge in [0, 0.05) is 13.1 Å². The lowest BCUT2D eigenvalue weighted by molar-refractivity contribution is -0.0238. The lowest BCUT2D eigenvalue weighted by atomic mass is 9.79. The third-order valence-corrected chi connectivity index (χ3v) is 4.02. The highest BCUT2D eigenvalue weighted by Gasteiger charge is 2.29. The van der Waals surface area contributed by atoms with Crippen LogP contribution in [0.25, 0.3) is 0 Å². The summed E-state index contributed by atoms with van der Waals surface area (Å²) >= 11 is 0. The van der Waals surface area contributed by atoms with Crippen molar-refractivity contribution < 1.29 is 9.84 Å². The average Bonchev–Trinajstić information content (AvgIpc) is 2.25. The molecule has 4 heteroatoms. The highest BCUT2D eigenvalue weighted by Crippen LogP contribution is 2.28. The molecule has 0 saturated carbocycles. The van der Waals surface area contributed by atoms with Gasteiger partial charge in [0.15, 0.2) is 0 Å². The van der Waals surface area contributed by atoms with E-state index in [2.05, 4.69) is 5.32 Å². The highest BCUT2D eigenvalue weighted by atomic mass is 16.5. The van der Waals surface area contributed by atoms with Crippen molar-refractivity contribution in [1.29, 1.82) is 0 Å². The minimum absolute atomic E-state index is 0.00694. The fourth-order valence-electron chi connectivity index (χ4n) is 1.28. The topological polar surface area (TPSA) is 41.5 Å². The van der Waals surface area contributed by atoms with Gasteiger partial charge >= 0.3 is 0 Å². The van der Waals surface area contributed by atoms with Gasteiger partial charge in [-0.15, -0.1) is 0 Å². The normalized spacial score (nSPS) is 15.9. The molecular formula is C17H28BNO2. The summed E-state index contributed by atoms with van der Waals surface area (Å²) in [5, 5.41) is 12.5. The van der Waals surface area contributed by atoms with E-state index in [0.29, 0.717) is 12.7 Å². The standard InChI is InChI=1S/C10H12BNO.C7H16O/c11-9-3-1-2-8(4-9)7-13-10-5-12-6-10;1-6(2,3)7(4,5)8/h1-4,10,12H,5-7H2;8H,1-5H3. The van der Waals surface area contributed by atoms with Crippen LogP contribution in [0.1, 0.15) is 40.2 Å². The number of nitrogens with one attached hydrogen (secondary N) is 1. The lowest BCUT2D eigenvalue weighted by Gasteiger charge is -2.33. The van der Waals surface area contributed by atoms with Crippen LogP contribution in [0.15, 0.2) is 24.3 Å². The minimum Gasteiger partial charge on any atom is -0.390 e. The van der Waals surface area contributed by atoms with Crippen LogP contribution >= 0.6 is 0 Å². The zero-order valence-corrected chi connectivity index (χ0v) is 13.9. The number of hydrogen-bond donors (Lipinski definition) is 2. The second-order valence-electron chi connectivity index (χ2n) is 7.15. The van der Waals surface area contributed by atoms with Crippen molar-refractivity contribution in [2.45, 2.75) is 52.9 Å². The molecule has 1 aromatic rings. The molecule has 2 rings (SSSR count). The minimum atomic E-state index is -0.562. The molecule has 1 fully saturated rings. The Balaban J connectivity index is 0.000000240. The summed E-state index contributed by atoms with van der Waals surface area (Å²) < 4.78 is 5.60. The van der Waals surface area contributed by atoms with Gasteiger partial charge in [-0.3, -0.25) is 0 Å². The van der Waals surface area contributed by atoms with Crippen molar-refractivity contribution in [2.75, 3.05) is 13.1 Å². The molecule has 116 valence electrons. The van der Waals surface area contributed by atoms with Crippen LogP contribution in [0.5, 0.6) is 0 Å². The van der Waals surface area contributed by atoms with Gasteiger partial charge in [-0.2, -0.15) is 0 Å². The van der Waals surface area contributed by atoms with Gasteiger partial charge in [-0.25, -0.2) is 0 Å². The molecule has 1 aliphatic heterocycles. The fourth-order valence-corrected chi connectivity index (χ4v) is 1.28. The van der Waals surface area contributed by atoms with Gasteiger partial charge in [-0.05, 0) is 24.8 Å². The first-order valence-electron chi connectivity index (χ1n) is 7.49. The summed E-state index contributed by atoms with van der Waals surface area (Å²) in [4.78, 5) is 0. The zero-order chi connectivity index (χ0) is 16.1. The molecule has 0 aliphatic carbocycles. The molecular weight excluding hydrogens is 261 g/mol. The maximum atomic E-state index is 9.35. The van der Waals surface area contributed by atoms with E-state index >= 15 is 0 Å². The van der Waals surface area contributed by atoms with E-state index < -0.39 is 5.60 Å². The number of hydrogen-bond acceptors (Lipinski definition) is 3. The molecule has 1 heterocycles. The van der Waals surface area contributed by atoms with E-state index in [1.807, 2.05) is 58.9 Å². The van der Waals surface area contributed by atoms with Crippen LogP contribution in [0.3, 0.4) is 0 Å². The molecule has 0 bridgehead atoms. The molecule has 0 spiro atoms. The van der Waals surface area contributed by atoms with Crippen LogP contribution in [0.4, 0.5) is 0 Å². The number of ether oxygens (including phenoxy) is 1. The molecule has 1 saturated heterocycles. The summed E-state index contributed by atoms with van der Waals surface area (Å²) in [6, 6.07) is 7.82. The Labute approximate surface area is 130 Å². The first-order chi connectivity index (χ1) is 9.59. The van der Waals surface area contributed by atoms with Crippen molar-refractivity contribution in [1.82, 2.24) is 5.32 Å². The molecule has 0 atom stereocenters. The number of rotatable bonds is 3. The van der Waals surface area contributed by atoms with Crippen molar-refractivity contribution in [2.24, 2.45) is 5.41 Å². The molecule has 21 heavy (non-hydrogen) atoms. The second-order valence-corrected chi connectivity index (χ2v) is 7.15. The maximum absolute atomic E-state index is 9.35. The molecule has 0 amide bonds. The Morgan fingerprint density at radius 1 is 1.24 bits per heavy atom. The summed E-state index contributed by atoms with van der Waals surface area (Å²) in [7, 11) is 5.64. The molecule has 3 nitrogen and oxygen atoms in total. The van der Waals surface area contributed by atoms with Gasteiger partial charge in [0.25, 0.3) is 0 Å². The summed E-state index contributed by atoms with van der Waals surface area (Å²) in [6.07, 6.45) is 0.390. The largest absolute Gasteiger partial charge is 0.390 e. The molecule has 0 unspecified atom stereocenters. The summed E-state index contributed by atoms with van der Waals surface area (Å²) in [5.74, 6) is 0. The van der Waals surface area contributed by atoms with Crippen LogP contribution in [0, 0.1) is 5.41 Å². The molecule has 1 aliphatic rings. The van der Waals surface area contributed by atoms with E-state index in [9.17, 15) is 5.11 Å². The Morgan fingerprint density at radius 2 is 1.81 bits per heavy atom. The van der Waals surface area contributed by atoms with E-state index in [1.54, 1.807) is 0 Å². The van der Waals surface area contributed by atoms with Crippen molar-refractivity contribution >= 4 is 13.3 Å². The second kappa shape index (κ2) is 7.43.